The van der Waals surface area contributed by atoms with E-state index >= 15 is 0 Å². The molecule has 2 aliphatic carbocycles. The second kappa shape index (κ2) is 10.8. The van der Waals surface area contributed by atoms with E-state index in [1.54, 1.807) is 18.2 Å². The van der Waals surface area contributed by atoms with E-state index in [-0.39, 0.29) is 24.1 Å². The van der Waals surface area contributed by atoms with Crippen molar-refractivity contribution < 1.29 is 19.1 Å². The maximum Gasteiger partial charge on any atom is 0.340 e. The van der Waals surface area contributed by atoms with Gasteiger partial charge >= 0.3 is 11.9 Å². The summed E-state index contributed by atoms with van der Waals surface area (Å²) < 4.78 is 10.5. The minimum Gasteiger partial charge on any atom is -0.463 e. The van der Waals surface area contributed by atoms with Crippen LogP contribution in [0.4, 0.5) is 5.69 Å². The van der Waals surface area contributed by atoms with Gasteiger partial charge < -0.3 is 15.2 Å². The fourth-order valence-electron chi connectivity index (χ4n) is 3.50. The summed E-state index contributed by atoms with van der Waals surface area (Å²) >= 11 is 0. The van der Waals surface area contributed by atoms with Gasteiger partial charge in [0.2, 0.25) is 0 Å². The first-order chi connectivity index (χ1) is 12.6. The lowest BCUT2D eigenvalue weighted by molar-refractivity contribution is -0.147. The maximum atomic E-state index is 11.8. The molecule has 0 aromatic heterocycles. The van der Waals surface area contributed by atoms with Crippen molar-refractivity contribution in [1.82, 2.24) is 0 Å². The lowest BCUT2D eigenvalue weighted by atomic mass is 9.98. The lowest BCUT2D eigenvalue weighted by Gasteiger charge is -2.22. The average molecular weight is 361 g/mol. The summed E-state index contributed by atoms with van der Waals surface area (Å²) in [6, 6.07) is 7.04. The molecule has 2 aliphatic rings. The highest BCUT2D eigenvalue weighted by Gasteiger charge is 2.19. The fourth-order valence-corrected chi connectivity index (χ4v) is 3.50. The van der Waals surface area contributed by atoms with Gasteiger partial charge in [-0.05, 0) is 63.5 Å². The van der Waals surface area contributed by atoms with Crippen molar-refractivity contribution in [3.8, 4) is 0 Å². The van der Waals surface area contributed by atoms with Crippen LogP contribution in [0.2, 0.25) is 0 Å². The number of para-hydroxylation sites is 1. The molecule has 0 radical (unpaired) electrons. The Balaban J connectivity index is 0.000000209. The van der Waals surface area contributed by atoms with E-state index < -0.39 is 0 Å². The summed E-state index contributed by atoms with van der Waals surface area (Å²) in [6.45, 7) is 1.48. The minimum absolute atomic E-state index is 0.0841. The van der Waals surface area contributed by atoms with Crippen molar-refractivity contribution in [1.29, 1.82) is 0 Å². The highest BCUT2D eigenvalue weighted by Crippen LogP contribution is 2.22. The molecule has 0 unspecified atom stereocenters. The Morgan fingerprint density at radius 1 is 0.846 bits per heavy atom. The van der Waals surface area contributed by atoms with Gasteiger partial charge in [0.15, 0.2) is 0 Å². The average Bonchev–Trinajstić information content (AvgIpc) is 2.64. The first-order valence-corrected chi connectivity index (χ1v) is 9.79. The van der Waals surface area contributed by atoms with E-state index in [9.17, 15) is 9.59 Å². The molecule has 144 valence electrons. The molecule has 26 heavy (non-hydrogen) atoms. The smallest absolute Gasteiger partial charge is 0.340 e. The van der Waals surface area contributed by atoms with E-state index in [4.69, 9.17) is 15.2 Å². The number of rotatable bonds is 3. The van der Waals surface area contributed by atoms with Crippen LogP contribution in [0, 0.1) is 0 Å². The third-order valence-corrected chi connectivity index (χ3v) is 4.89. The van der Waals surface area contributed by atoms with Crippen molar-refractivity contribution in [2.75, 3.05) is 5.73 Å². The Morgan fingerprint density at radius 3 is 1.85 bits per heavy atom. The van der Waals surface area contributed by atoms with Crippen LogP contribution >= 0.6 is 0 Å². The summed E-state index contributed by atoms with van der Waals surface area (Å²) in [4.78, 5) is 22.3. The zero-order valence-corrected chi connectivity index (χ0v) is 15.7. The Labute approximate surface area is 156 Å². The van der Waals surface area contributed by atoms with Crippen LogP contribution < -0.4 is 5.73 Å². The van der Waals surface area contributed by atoms with Crippen molar-refractivity contribution in [3.05, 3.63) is 29.8 Å². The molecule has 1 aromatic rings. The molecule has 5 heteroatoms. The minimum atomic E-state index is -0.287. The van der Waals surface area contributed by atoms with Crippen LogP contribution in [0.15, 0.2) is 24.3 Å². The topological polar surface area (TPSA) is 78.6 Å². The number of nitrogens with two attached hydrogens (primary N) is 1. The van der Waals surface area contributed by atoms with Crippen molar-refractivity contribution >= 4 is 17.6 Å². The molecule has 0 heterocycles. The van der Waals surface area contributed by atoms with Crippen LogP contribution in [-0.4, -0.2) is 24.1 Å². The molecular formula is C21H31NO4. The van der Waals surface area contributed by atoms with Gasteiger partial charge in [-0.2, -0.15) is 0 Å². The first-order valence-electron chi connectivity index (χ1n) is 9.79. The molecule has 0 atom stereocenters. The largest absolute Gasteiger partial charge is 0.463 e. The first kappa shape index (κ1) is 20.3. The number of hydrogen-bond acceptors (Lipinski definition) is 5. The fraction of sp³-hybridized carbons (Fsp3) is 0.619. The molecule has 3 rings (SSSR count). The van der Waals surface area contributed by atoms with Gasteiger partial charge in [-0.3, -0.25) is 4.79 Å². The normalized spacial score (nSPS) is 18.3. The molecular weight excluding hydrogens is 330 g/mol. The Morgan fingerprint density at radius 2 is 1.35 bits per heavy atom. The van der Waals surface area contributed by atoms with Crippen LogP contribution in [-0.2, 0) is 14.3 Å². The van der Waals surface area contributed by atoms with Crippen LogP contribution in [0.1, 0.15) is 81.5 Å². The Kier molecular flexibility index (Phi) is 8.45. The SMILES string of the molecule is CC(=O)OC1CCCCC1.Nc1ccccc1C(=O)OC1CCCCC1. The number of benzene rings is 1. The molecule has 5 nitrogen and oxygen atoms in total. The van der Waals surface area contributed by atoms with Crippen molar-refractivity contribution in [3.63, 3.8) is 0 Å². The van der Waals surface area contributed by atoms with Crippen LogP contribution in [0.25, 0.3) is 0 Å². The lowest BCUT2D eigenvalue weighted by Crippen LogP contribution is -2.21. The number of carbonyl (C=O) groups excluding carboxylic acids is 2. The predicted octanol–water partition coefficient (Wildman–Crippen LogP) is 4.64. The van der Waals surface area contributed by atoms with Gasteiger partial charge in [0, 0.05) is 12.6 Å². The predicted molar refractivity (Wildman–Crippen MR) is 102 cm³/mol. The molecule has 0 aliphatic heterocycles. The monoisotopic (exact) mass is 361 g/mol. The third-order valence-electron chi connectivity index (χ3n) is 4.89. The van der Waals surface area contributed by atoms with Gasteiger partial charge in [-0.25, -0.2) is 4.79 Å². The molecule has 2 N–H and O–H groups in total. The van der Waals surface area contributed by atoms with Gasteiger partial charge in [-0.1, -0.05) is 25.0 Å². The van der Waals surface area contributed by atoms with E-state index in [2.05, 4.69) is 0 Å². The van der Waals surface area contributed by atoms with Gasteiger partial charge in [0.05, 0.1) is 5.56 Å². The molecule has 0 saturated heterocycles. The zero-order valence-electron chi connectivity index (χ0n) is 15.7. The molecule has 0 amide bonds. The summed E-state index contributed by atoms with van der Waals surface area (Å²) in [6.07, 6.45) is 11.7. The van der Waals surface area contributed by atoms with Gasteiger partial charge in [-0.15, -0.1) is 0 Å². The van der Waals surface area contributed by atoms with Crippen molar-refractivity contribution in [2.24, 2.45) is 0 Å². The number of ether oxygens (including phenoxy) is 2. The highest BCUT2D eigenvalue weighted by atomic mass is 16.5. The maximum absolute atomic E-state index is 11.8. The zero-order chi connectivity index (χ0) is 18.8. The molecule has 2 fully saturated rings. The van der Waals surface area contributed by atoms with E-state index in [1.807, 2.05) is 6.07 Å². The summed E-state index contributed by atoms with van der Waals surface area (Å²) in [5, 5.41) is 0. The molecule has 2 saturated carbocycles. The van der Waals surface area contributed by atoms with Crippen LogP contribution in [0.3, 0.4) is 0 Å². The number of hydrogen-bond donors (Lipinski definition) is 1. The number of carbonyl (C=O) groups is 2. The van der Waals surface area contributed by atoms with E-state index in [1.165, 1.54) is 32.6 Å². The number of nitrogen functional groups attached to an aromatic ring is 1. The molecule has 0 bridgehead atoms. The van der Waals surface area contributed by atoms with Gasteiger partial charge in [0.1, 0.15) is 12.2 Å². The molecule has 1 aromatic carbocycles. The standard InChI is InChI=1S/C13H17NO2.C8H14O2/c14-12-9-5-4-8-11(12)13(15)16-10-6-2-1-3-7-10;1-7(9)10-8-5-3-2-4-6-8/h4-5,8-10H,1-3,6-7,14H2;8H,2-6H2,1H3. The van der Waals surface area contributed by atoms with Crippen molar-refractivity contribution in [2.45, 2.75) is 83.3 Å². The second-order valence-corrected chi connectivity index (χ2v) is 7.12. The third kappa shape index (κ3) is 7.06. The number of esters is 2. The Bertz CT molecular complexity index is 575. The number of anilines is 1. The molecule has 0 spiro atoms. The summed E-state index contributed by atoms with van der Waals surface area (Å²) in [7, 11) is 0. The highest BCUT2D eigenvalue weighted by molar-refractivity contribution is 5.95. The van der Waals surface area contributed by atoms with E-state index in [0.717, 1.165) is 38.5 Å². The Hall–Kier alpha value is -2.04. The van der Waals surface area contributed by atoms with E-state index in [0.29, 0.717) is 11.3 Å². The second-order valence-electron chi connectivity index (χ2n) is 7.12. The summed E-state index contributed by atoms with van der Waals surface area (Å²) in [5.41, 5.74) is 6.69. The quantitative estimate of drug-likeness (QED) is 0.627. The van der Waals surface area contributed by atoms with Crippen LogP contribution in [0.5, 0.6) is 0 Å². The summed E-state index contributed by atoms with van der Waals surface area (Å²) in [5.74, 6) is -0.420. The van der Waals surface area contributed by atoms with Gasteiger partial charge in [0.25, 0.3) is 0 Å².